The van der Waals surface area contributed by atoms with Crippen LogP contribution >= 0.6 is 0 Å². The van der Waals surface area contributed by atoms with Gasteiger partial charge >= 0.3 is 5.97 Å². The number of aliphatic carboxylic acids is 1. The van der Waals surface area contributed by atoms with E-state index in [1.54, 1.807) is 0 Å². The molecule has 0 fully saturated rings. The molecule has 0 radical (unpaired) electrons. The van der Waals surface area contributed by atoms with Gasteiger partial charge in [0.25, 0.3) is 0 Å². The smallest absolute Gasteiger partial charge is 0.303 e. The van der Waals surface area contributed by atoms with Crippen molar-refractivity contribution in [2.45, 2.75) is 25.3 Å². The topological polar surface area (TPSA) is 97.5 Å². The lowest BCUT2D eigenvalue weighted by Crippen LogP contribution is -2.31. The van der Waals surface area contributed by atoms with Crippen LogP contribution in [0.3, 0.4) is 0 Å². The van der Waals surface area contributed by atoms with Crippen LogP contribution in [0.1, 0.15) is 19.3 Å². The third-order valence-electron chi connectivity index (χ3n) is 1.39. The predicted molar refractivity (Wildman–Crippen MR) is 40.5 cm³/mol. The molecule has 5 heteroatoms. The number of carboxylic acid groups (broad SMARTS) is 1. The molecule has 68 valence electrons. The number of ketones is 1. The summed E-state index contributed by atoms with van der Waals surface area (Å²) in [5.41, 5.74) is 5.24. The molecule has 0 unspecified atom stereocenters. The summed E-state index contributed by atoms with van der Waals surface area (Å²) in [5, 5.41) is 8.23. The normalized spacial score (nSPS) is 12.1. The Hall–Kier alpha value is -1.23. The largest absolute Gasteiger partial charge is 0.481 e. The number of rotatable bonds is 6. The molecule has 0 rings (SSSR count). The Morgan fingerprint density at radius 1 is 1.50 bits per heavy atom. The van der Waals surface area contributed by atoms with Crippen molar-refractivity contribution < 1.29 is 19.5 Å². The van der Waals surface area contributed by atoms with Crippen molar-refractivity contribution in [1.29, 1.82) is 0 Å². The van der Waals surface area contributed by atoms with Gasteiger partial charge in [-0.05, 0) is 12.8 Å². The minimum absolute atomic E-state index is 0.0279. The highest BCUT2D eigenvalue weighted by Gasteiger charge is 2.11. The van der Waals surface area contributed by atoms with E-state index in [4.69, 9.17) is 10.8 Å². The third kappa shape index (κ3) is 4.56. The molecule has 0 bridgehead atoms. The molecule has 12 heavy (non-hydrogen) atoms. The van der Waals surface area contributed by atoms with Gasteiger partial charge in [-0.2, -0.15) is 0 Å². The maximum absolute atomic E-state index is 10.5. The van der Waals surface area contributed by atoms with Crippen LogP contribution in [0.2, 0.25) is 0 Å². The Bertz CT molecular complexity index is 190. The Morgan fingerprint density at radius 2 is 2.08 bits per heavy atom. The van der Waals surface area contributed by atoms with Crippen LogP contribution in [0.15, 0.2) is 0 Å². The number of carbonyl (C=O) groups is 3. The number of hydrogen-bond acceptors (Lipinski definition) is 4. The number of carboxylic acids is 1. The molecule has 0 spiro atoms. The molecule has 0 aliphatic heterocycles. The average Bonchev–Trinajstić information content (AvgIpc) is 2.02. The van der Waals surface area contributed by atoms with Gasteiger partial charge in [-0.3, -0.25) is 14.4 Å². The highest BCUT2D eigenvalue weighted by molar-refractivity contribution is 6.27. The zero-order chi connectivity index (χ0) is 9.56. The molecular weight excluding hydrogens is 162 g/mol. The Morgan fingerprint density at radius 3 is 2.50 bits per heavy atom. The summed E-state index contributed by atoms with van der Waals surface area (Å²) in [4.78, 5) is 30.5. The van der Waals surface area contributed by atoms with Gasteiger partial charge < -0.3 is 10.8 Å². The van der Waals surface area contributed by atoms with Crippen LogP contribution in [-0.2, 0) is 14.4 Å². The first-order chi connectivity index (χ1) is 5.57. The molecule has 1 atom stereocenters. The van der Waals surface area contributed by atoms with Gasteiger partial charge in [-0.1, -0.05) is 0 Å². The van der Waals surface area contributed by atoms with E-state index >= 15 is 0 Å². The second-order valence-electron chi connectivity index (χ2n) is 2.41. The molecule has 0 aromatic heterocycles. The van der Waals surface area contributed by atoms with Crippen molar-refractivity contribution in [1.82, 2.24) is 0 Å². The van der Waals surface area contributed by atoms with Crippen molar-refractivity contribution in [3.05, 3.63) is 0 Å². The van der Waals surface area contributed by atoms with Gasteiger partial charge in [0.05, 0.1) is 6.04 Å². The average molecular weight is 173 g/mol. The lowest BCUT2D eigenvalue weighted by molar-refractivity contribution is -0.137. The fraction of sp³-hybridized carbons (Fsp3) is 0.571. The molecule has 0 saturated heterocycles. The number of hydrogen-bond donors (Lipinski definition) is 2. The van der Waals surface area contributed by atoms with E-state index < -0.39 is 17.8 Å². The molecule has 0 saturated carbocycles. The van der Waals surface area contributed by atoms with E-state index in [1.165, 1.54) is 0 Å². The van der Waals surface area contributed by atoms with Gasteiger partial charge in [0.2, 0.25) is 5.78 Å². The lowest BCUT2D eigenvalue weighted by Gasteiger charge is -2.03. The fourth-order valence-corrected chi connectivity index (χ4v) is 0.703. The van der Waals surface area contributed by atoms with Crippen molar-refractivity contribution >= 4 is 18.0 Å². The van der Waals surface area contributed by atoms with Crippen LogP contribution < -0.4 is 5.73 Å². The Balaban J connectivity index is 3.56. The first-order valence-corrected chi connectivity index (χ1v) is 3.54. The molecule has 0 aromatic rings. The quantitative estimate of drug-likeness (QED) is 0.410. The van der Waals surface area contributed by atoms with E-state index in [-0.39, 0.29) is 19.1 Å². The summed E-state index contributed by atoms with van der Waals surface area (Å²) < 4.78 is 0. The Kier molecular flexibility index (Phi) is 4.87. The van der Waals surface area contributed by atoms with Gasteiger partial charge in [0.15, 0.2) is 6.29 Å². The Labute approximate surface area is 69.5 Å². The van der Waals surface area contributed by atoms with Crippen molar-refractivity contribution in [2.24, 2.45) is 5.73 Å². The van der Waals surface area contributed by atoms with Crippen LogP contribution in [0, 0.1) is 0 Å². The summed E-state index contributed by atoms with van der Waals surface area (Å²) in [6, 6.07) is -0.846. The van der Waals surface area contributed by atoms with E-state index in [9.17, 15) is 14.4 Å². The minimum atomic E-state index is -0.930. The molecule has 0 aliphatic carbocycles. The van der Waals surface area contributed by atoms with Crippen molar-refractivity contribution in [3.63, 3.8) is 0 Å². The SMILES string of the molecule is N[C@@H](CCCC(=O)O)C(=O)C=O. The van der Waals surface area contributed by atoms with Gasteiger partial charge in [0, 0.05) is 6.42 Å². The summed E-state index contributed by atoms with van der Waals surface area (Å²) >= 11 is 0. The zero-order valence-electron chi connectivity index (χ0n) is 6.53. The van der Waals surface area contributed by atoms with E-state index in [0.29, 0.717) is 6.42 Å². The maximum Gasteiger partial charge on any atom is 0.303 e. The third-order valence-corrected chi connectivity index (χ3v) is 1.39. The maximum atomic E-state index is 10.5. The molecular formula is C7H11NO4. The van der Waals surface area contributed by atoms with E-state index in [2.05, 4.69) is 0 Å². The second kappa shape index (κ2) is 5.42. The number of carbonyl (C=O) groups excluding carboxylic acids is 2. The van der Waals surface area contributed by atoms with Gasteiger partial charge in [0.1, 0.15) is 0 Å². The van der Waals surface area contributed by atoms with Crippen molar-refractivity contribution in [2.75, 3.05) is 0 Å². The van der Waals surface area contributed by atoms with Crippen LogP contribution in [0.5, 0.6) is 0 Å². The molecule has 0 aliphatic rings. The zero-order valence-corrected chi connectivity index (χ0v) is 6.53. The van der Waals surface area contributed by atoms with Crippen molar-refractivity contribution in [3.8, 4) is 0 Å². The lowest BCUT2D eigenvalue weighted by atomic mass is 10.1. The molecule has 5 nitrogen and oxygen atoms in total. The standard InChI is InChI=1S/C7H11NO4/c8-5(6(10)4-9)2-1-3-7(11)12/h4-5H,1-3,8H2,(H,11,12)/t5-/m0/s1. The molecule has 0 heterocycles. The van der Waals surface area contributed by atoms with Crippen LogP contribution in [0.4, 0.5) is 0 Å². The number of aldehydes is 1. The molecule has 0 aromatic carbocycles. The summed E-state index contributed by atoms with van der Waals surface area (Å²) in [5.74, 6) is -1.61. The summed E-state index contributed by atoms with van der Waals surface area (Å²) in [6.45, 7) is 0. The minimum Gasteiger partial charge on any atom is -0.481 e. The molecule has 0 amide bonds. The van der Waals surface area contributed by atoms with E-state index in [1.807, 2.05) is 0 Å². The monoisotopic (exact) mass is 173 g/mol. The van der Waals surface area contributed by atoms with Crippen LogP contribution in [0.25, 0.3) is 0 Å². The second-order valence-corrected chi connectivity index (χ2v) is 2.41. The van der Waals surface area contributed by atoms with Gasteiger partial charge in [-0.15, -0.1) is 0 Å². The summed E-state index contributed by atoms with van der Waals surface area (Å²) in [6.07, 6.45) is 0.686. The fourth-order valence-electron chi connectivity index (χ4n) is 0.703. The molecule has 3 N–H and O–H groups in total. The number of Topliss-reactive ketones (excluding diaryl/α,β-unsaturated/α-hetero) is 1. The predicted octanol–water partition coefficient (Wildman–Crippen LogP) is -0.663. The first-order valence-electron chi connectivity index (χ1n) is 3.54. The van der Waals surface area contributed by atoms with Gasteiger partial charge in [-0.25, -0.2) is 0 Å². The highest BCUT2D eigenvalue weighted by Crippen LogP contribution is 1.98. The highest BCUT2D eigenvalue weighted by atomic mass is 16.4. The van der Waals surface area contributed by atoms with E-state index in [0.717, 1.165) is 0 Å². The number of nitrogens with two attached hydrogens (primary N) is 1. The first kappa shape index (κ1) is 10.8. The summed E-state index contributed by atoms with van der Waals surface area (Å²) in [7, 11) is 0. The van der Waals surface area contributed by atoms with Crippen LogP contribution in [-0.4, -0.2) is 29.2 Å².